The third-order valence-electron chi connectivity index (χ3n) is 5.21. The van der Waals surface area contributed by atoms with Gasteiger partial charge >= 0.3 is 0 Å². The number of amides is 1. The Morgan fingerprint density at radius 3 is 2.39 bits per heavy atom. The van der Waals surface area contributed by atoms with Gasteiger partial charge in [0.25, 0.3) is 0 Å². The lowest BCUT2D eigenvalue weighted by Crippen LogP contribution is -2.26. The van der Waals surface area contributed by atoms with Crippen LogP contribution in [0, 0.1) is 5.82 Å². The van der Waals surface area contributed by atoms with Gasteiger partial charge in [-0.1, -0.05) is 12.1 Å². The van der Waals surface area contributed by atoms with Crippen molar-refractivity contribution in [1.82, 2.24) is 18.8 Å². The highest BCUT2D eigenvalue weighted by atomic mass is 32.2. The molecule has 0 radical (unpaired) electrons. The van der Waals surface area contributed by atoms with Crippen molar-refractivity contribution in [2.45, 2.75) is 37.8 Å². The molecule has 0 aliphatic carbocycles. The summed E-state index contributed by atoms with van der Waals surface area (Å²) in [5, 5.41) is 0. The minimum atomic E-state index is -3.55. The molecule has 3 rings (SSSR count). The van der Waals surface area contributed by atoms with Crippen LogP contribution in [0.25, 0.3) is 11.0 Å². The van der Waals surface area contributed by atoms with E-state index >= 15 is 0 Å². The van der Waals surface area contributed by atoms with E-state index in [-0.39, 0.29) is 23.0 Å². The Morgan fingerprint density at radius 2 is 1.77 bits per heavy atom. The van der Waals surface area contributed by atoms with Gasteiger partial charge < -0.3 is 9.47 Å². The zero-order chi connectivity index (χ0) is 22.8. The van der Waals surface area contributed by atoms with E-state index in [4.69, 9.17) is 0 Å². The number of nitrogens with zero attached hydrogens (tertiary/aromatic N) is 4. The fourth-order valence-corrected chi connectivity index (χ4v) is 4.36. The van der Waals surface area contributed by atoms with Gasteiger partial charge in [-0.15, -0.1) is 0 Å². The van der Waals surface area contributed by atoms with Crippen LogP contribution in [0.1, 0.15) is 24.7 Å². The van der Waals surface area contributed by atoms with E-state index in [1.807, 2.05) is 11.5 Å². The smallest absolute Gasteiger partial charge is 0.242 e. The summed E-state index contributed by atoms with van der Waals surface area (Å²) in [6.45, 7) is 3.04. The highest BCUT2D eigenvalue weighted by molar-refractivity contribution is 7.89. The van der Waals surface area contributed by atoms with Gasteiger partial charge in [0.15, 0.2) is 0 Å². The number of rotatable bonds is 8. The van der Waals surface area contributed by atoms with Crippen LogP contribution in [0.3, 0.4) is 0 Å². The highest BCUT2D eigenvalue weighted by Gasteiger charge is 2.20. The van der Waals surface area contributed by atoms with Crippen LogP contribution in [-0.2, 0) is 34.3 Å². The number of sulfonamides is 1. The van der Waals surface area contributed by atoms with Crippen LogP contribution in [0.2, 0.25) is 0 Å². The van der Waals surface area contributed by atoms with Gasteiger partial charge in [0.05, 0.1) is 15.9 Å². The van der Waals surface area contributed by atoms with Crippen molar-refractivity contribution in [3.8, 4) is 0 Å². The standard InChI is InChI=1S/C22H27FN4O3S/c1-5-27-20-11-10-18(31(29,30)25(2)3)14-19(20)24-21(27)12-13-22(28)26(4)15-16-6-8-17(23)9-7-16/h6-11,14H,5,12-13,15H2,1-4H3. The molecule has 9 heteroatoms. The first-order valence-corrected chi connectivity index (χ1v) is 11.5. The van der Waals surface area contributed by atoms with Gasteiger partial charge in [-0.2, -0.15) is 0 Å². The molecule has 0 unspecified atom stereocenters. The van der Waals surface area contributed by atoms with Crippen molar-refractivity contribution in [2.24, 2.45) is 0 Å². The molecule has 166 valence electrons. The Bertz CT molecular complexity index is 1190. The average Bonchev–Trinajstić information content (AvgIpc) is 3.10. The minimum Gasteiger partial charge on any atom is -0.341 e. The number of hydrogen-bond donors (Lipinski definition) is 0. The SMILES string of the molecule is CCn1c(CCC(=O)N(C)Cc2ccc(F)cc2)nc2cc(S(=O)(=O)N(C)C)ccc21. The first-order valence-electron chi connectivity index (χ1n) is 10.0. The molecule has 0 fully saturated rings. The topological polar surface area (TPSA) is 75.5 Å². The third kappa shape index (κ3) is 4.94. The maximum absolute atomic E-state index is 13.1. The van der Waals surface area contributed by atoms with Crippen molar-refractivity contribution >= 4 is 27.0 Å². The van der Waals surface area contributed by atoms with E-state index in [9.17, 15) is 17.6 Å². The normalized spacial score (nSPS) is 11.9. The third-order valence-corrected chi connectivity index (χ3v) is 7.03. The number of aryl methyl sites for hydroxylation is 2. The molecule has 0 atom stereocenters. The lowest BCUT2D eigenvalue weighted by Gasteiger charge is -2.17. The van der Waals surface area contributed by atoms with Crippen molar-refractivity contribution in [3.63, 3.8) is 0 Å². The Hall–Kier alpha value is -2.78. The predicted molar refractivity (Wildman–Crippen MR) is 117 cm³/mol. The van der Waals surface area contributed by atoms with Crippen LogP contribution >= 0.6 is 0 Å². The number of imidazole rings is 1. The molecule has 7 nitrogen and oxygen atoms in total. The molecule has 0 bridgehead atoms. The lowest BCUT2D eigenvalue weighted by molar-refractivity contribution is -0.130. The maximum atomic E-state index is 13.1. The molecule has 31 heavy (non-hydrogen) atoms. The van der Waals surface area contributed by atoms with Gasteiger partial charge in [-0.05, 0) is 42.8 Å². The molecule has 0 aliphatic rings. The number of carbonyl (C=O) groups is 1. The number of hydrogen-bond acceptors (Lipinski definition) is 4. The van der Waals surface area contributed by atoms with E-state index in [1.165, 1.54) is 30.5 Å². The molecular formula is C22H27FN4O3S. The fourth-order valence-electron chi connectivity index (χ4n) is 3.44. The van der Waals surface area contributed by atoms with Crippen LogP contribution in [0.4, 0.5) is 4.39 Å². The second kappa shape index (κ2) is 9.15. The van der Waals surface area contributed by atoms with Gasteiger partial charge in [0.2, 0.25) is 15.9 Å². The van der Waals surface area contributed by atoms with E-state index < -0.39 is 10.0 Å². The summed E-state index contributed by atoms with van der Waals surface area (Å²) in [6.07, 6.45) is 0.703. The van der Waals surface area contributed by atoms with E-state index in [0.29, 0.717) is 25.0 Å². The molecule has 0 saturated carbocycles. The summed E-state index contributed by atoms with van der Waals surface area (Å²) in [4.78, 5) is 19.0. The highest BCUT2D eigenvalue weighted by Crippen LogP contribution is 2.23. The zero-order valence-electron chi connectivity index (χ0n) is 18.2. The van der Waals surface area contributed by atoms with Crippen molar-refractivity contribution in [1.29, 1.82) is 0 Å². The monoisotopic (exact) mass is 446 g/mol. The Kier molecular flexibility index (Phi) is 6.76. The van der Waals surface area contributed by atoms with Crippen molar-refractivity contribution in [2.75, 3.05) is 21.1 Å². The Morgan fingerprint density at radius 1 is 1.10 bits per heavy atom. The first-order chi connectivity index (χ1) is 14.6. The Labute approximate surface area is 182 Å². The second-order valence-electron chi connectivity index (χ2n) is 7.59. The molecule has 0 N–H and O–H groups in total. The lowest BCUT2D eigenvalue weighted by atomic mass is 10.2. The molecule has 0 saturated heterocycles. The molecule has 0 spiro atoms. The molecule has 1 amide bonds. The number of benzene rings is 2. The molecule has 0 aliphatic heterocycles. The quantitative estimate of drug-likeness (QED) is 0.533. The van der Waals surface area contributed by atoms with Crippen LogP contribution < -0.4 is 0 Å². The molecule has 1 heterocycles. The summed E-state index contributed by atoms with van der Waals surface area (Å²) in [5.74, 6) is 0.382. The molecule has 1 aromatic heterocycles. The number of carbonyl (C=O) groups excluding carboxylic acids is 1. The number of aromatic nitrogens is 2. The molecular weight excluding hydrogens is 419 g/mol. The number of halogens is 1. The van der Waals surface area contributed by atoms with Crippen LogP contribution in [-0.4, -0.2) is 54.2 Å². The van der Waals surface area contributed by atoms with Gasteiger partial charge in [0, 0.05) is 47.1 Å². The molecule has 2 aromatic carbocycles. The summed E-state index contributed by atoms with van der Waals surface area (Å²) in [5.41, 5.74) is 2.28. The summed E-state index contributed by atoms with van der Waals surface area (Å²) in [6, 6.07) is 11.0. The van der Waals surface area contributed by atoms with Crippen molar-refractivity contribution < 1.29 is 17.6 Å². The zero-order valence-corrected chi connectivity index (χ0v) is 19.0. The maximum Gasteiger partial charge on any atom is 0.242 e. The Balaban J connectivity index is 1.76. The van der Waals surface area contributed by atoms with Crippen LogP contribution in [0.15, 0.2) is 47.4 Å². The molecule has 3 aromatic rings. The van der Waals surface area contributed by atoms with E-state index in [2.05, 4.69) is 4.98 Å². The van der Waals surface area contributed by atoms with E-state index in [0.717, 1.165) is 16.9 Å². The second-order valence-corrected chi connectivity index (χ2v) is 9.74. The van der Waals surface area contributed by atoms with Gasteiger partial charge in [0.1, 0.15) is 11.6 Å². The van der Waals surface area contributed by atoms with Crippen molar-refractivity contribution in [3.05, 3.63) is 59.7 Å². The first kappa shape index (κ1) is 22.9. The summed E-state index contributed by atoms with van der Waals surface area (Å²) < 4.78 is 41.0. The van der Waals surface area contributed by atoms with Crippen LogP contribution in [0.5, 0.6) is 0 Å². The van der Waals surface area contributed by atoms with E-state index in [1.54, 1.807) is 42.3 Å². The van der Waals surface area contributed by atoms with Gasteiger partial charge in [-0.3, -0.25) is 4.79 Å². The fraction of sp³-hybridized carbons (Fsp3) is 0.364. The average molecular weight is 447 g/mol. The largest absolute Gasteiger partial charge is 0.341 e. The minimum absolute atomic E-state index is 0.0464. The number of fused-ring (bicyclic) bond motifs is 1. The van der Waals surface area contributed by atoms with Gasteiger partial charge in [-0.25, -0.2) is 22.1 Å². The summed E-state index contributed by atoms with van der Waals surface area (Å²) >= 11 is 0. The predicted octanol–water partition coefficient (Wildman–Crippen LogP) is 3.04. The summed E-state index contributed by atoms with van der Waals surface area (Å²) in [7, 11) is 1.15.